The first-order chi connectivity index (χ1) is 9.20. The molecule has 112 valence electrons. The lowest BCUT2D eigenvalue weighted by molar-refractivity contribution is -0.288. The molecule has 0 bridgehead atoms. The van der Waals surface area contributed by atoms with Crippen LogP contribution in [-0.4, -0.2) is 33.0 Å². The molecule has 20 heavy (non-hydrogen) atoms. The average molecular weight is 298 g/mol. The molecule has 0 amide bonds. The number of aliphatic hydroxyl groups excluding tert-OH is 1. The van der Waals surface area contributed by atoms with Crippen LogP contribution in [0.4, 0.5) is 17.6 Å². The minimum Gasteiger partial charge on any atom is -0.393 e. The van der Waals surface area contributed by atoms with Gasteiger partial charge in [-0.3, -0.25) is 14.3 Å². The number of aliphatic hydroxyl groups is 1. The second kappa shape index (κ2) is 4.70. The van der Waals surface area contributed by atoms with Crippen LogP contribution >= 0.6 is 0 Å². The first kappa shape index (κ1) is 14.7. The first-order valence-corrected chi connectivity index (χ1v) is 5.56. The molecule has 2 rings (SSSR count). The standard InChI is InChI=1S/C10H10F4N2O4/c11-5-3-16(8(19)15-7(5)18)6-1-2-9(4-17,20-6)10(12,13)14/h3,6,17H,1-2,4H2,(H,15,18,19)/t6-,9+/m1/s1. The number of aromatic nitrogens is 2. The Morgan fingerprint density at radius 3 is 2.65 bits per heavy atom. The lowest BCUT2D eigenvalue weighted by atomic mass is 10.0. The number of hydrogen-bond donors (Lipinski definition) is 2. The number of aromatic amines is 1. The molecule has 1 aliphatic rings. The van der Waals surface area contributed by atoms with Crippen LogP contribution in [0, 0.1) is 5.82 Å². The Morgan fingerprint density at radius 1 is 1.50 bits per heavy atom. The van der Waals surface area contributed by atoms with Gasteiger partial charge in [-0.25, -0.2) is 4.79 Å². The van der Waals surface area contributed by atoms with Crippen LogP contribution in [0.25, 0.3) is 0 Å². The van der Waals surface area contributed by atoms with Gasteiger partial charge in [-0.15, -0.1) is 0 Å². The van der Waals surface area contributed by atoms with Crippen LogP contribution in [-0.2, 0) is 4.74 Å². The van der Waals surface area contributed by atoms with Crippen molar-refractivity contribution in [2.45, 2.75) is 30.8 Å². The maximum atomic E-state index is 13.1. The van der Waals surface area contributed by atoms with Crippen molar-refractivity contribution in [3.05, 3.63) is 32.9 Å². The van der Waals surface area contributed by atoms with Gasteiger partial charge in [-0.2, -0.15) is 17.6 Å². The van der Waals surface area contributed by atoms with Crippen LogP contribution in [0.5, 0.6) is 0 Å². The molecule has 1 fully saturated rings. The molecule has 0 unspecified atom stereocenters. The van der Waals surface area contributed by atoms with Gasteiger partial charge in [0.25, 0.3) is 5.56 Å². The fourth-order valence-corrected chi connectivity index (χ4v) is 2.02. The topological polar surface area (TPSA) is 84.3 Å². The van der Waals surface area contributed by atoms with E-state index in [1.165, 1.54) is 0 Å². The Labute approximate surface area is 108 Å². The molecule has 1 aromatic heterocycles. The van der Waals surface area contributed by atoms with E-state index in [-0.39, 0.29) is 6.42 Å². The van der Waals surface area contributed by atoms with Crippen LogP contribution in [0.2, 0.25) is 0 Å². The third-order valence-electron chi connectivity index (χ3n) is 3.16. The molecule has 2 heterocycles. The molecule has 10 heteroatoms. The van der Waals surface area contributed by atoms with Crippen molar-refractivity contribution < 1.29 is 27.4 Å². The van der Waals surface area contributed by atoms with Gasteiger partial charge in [0, 0.05) is 0 Å². The molecule has 0 saturated carbocycles. The van der Waals surface area contributed by atoms with Crippen molar-refractivity contribution in [2.75, 3.05) is 6.61 Å². The number of rotatable bonds is 2. The Bertz CT molecular complexity index is 623. The minimum absolute atomic E-state index is 0.258. The highest BCUT2D eigenvalue weighted by Gasteiger charge is 2.60. The summed E-state index contributed by atoms with van der Waals surface area (Å²) in [5.74, 6) is -1.32. The van der Waals surface area contributed by atoms with Crippen molar-refractivity contribution in [3.8, 4) is 0 Å². The number of ether oxygens (including phenoxy) is 1. The molecule has 2 atom stereocenters. The molecule has 2 N–H and O–H groups in total. The largest absolute Gasteiger partial charge is 0.419 e. The smallest absolute Gasteiger partial charge is 0.393 e. The summed E-state index contributed by atoms with van der Waals surface area (Å²) >= 11 is 0. The Balaban J connectivity index is 2.37. The number of hydrogen-bond acceptors (Lipinski definition) is 4. The van der Waals surface area contributed by atoms with Gasteiger partial charge in [0.1, 0.15) is 6.23 Å². The second-order valence-electron chi connectivity index (χ2n) is 4.40. The number of nitrogens with one attached hydrogen (secondary N) is 1. The third-order valence-corrected chi connectivity index (χ3v) is 3.16. The highest BCUT2D eigenvalue weighted by Crippen LogP contribution is 2.45. The molecule has 1 saturated heterocycles. The molecule has 0 aromatic carbocycles. The van der Waals surface area contributed by atoms with Crippen LogP contribution < -0.4 is 11.2 Å². The van der Waals surface area contributed by atoms with Crippen molar-refractivity contribution in [2.24, 2.45) is 0 Å². The van der Waals surface area contributed by atoms with Gasteiger partial charge >= 0.3 is 11.9 Å². The summed E-state index contributed by atoms with van der Waals surface area (Å²) in [6, 6.07) is 0. The first-order valence-electron chi connectivity index (χ1n) is 5.56. The summed E-state index contributed by atoms with van der Waals surface area (Å²) < 4.78 is 56.9. The van der Waals surface area contributed by atoms with E-state index in [1.807, 2.05) is 0 Å². The van der Waals surface area contributed by atoms with Crippen molar-refractivity contribution in [3.63, 3.8) is 0 Å². The van der Waals surface area contributed by atoms with Crippen molar-refractivity contribution in [1.82, 2.24) is 9.55 Å². The van der Waals surface area contributed by atoms with E-state index in [4.69, 9.17) is 9.84 Å². The fraction of sp³-hybridized carbons (Fsp3) is 0.600. The highest BCUT2D eigenvalue weighted by molar-refractivity contribution is 4.96. The quantitative estimate of drug-likeness (QED) is 0.768. The lowest BCUT2D eigenvalue weighted by Gasteiger charge is -2.29. The maximum Gasteiger partial charge on any atom is 0.419 e. The van der Waals surface area contributed by atoms with Gasteiger partial charge in [-0.05, 0) is 12.8 Å². The molecule has 0 spiro atoms. The van der Waals surface area contributed by atoms with Gasteiger partial charge in [0.15, 0.2) is 5.60 Å². The van der Waals surface area contributed by atoms with E-state index < -0.39 is 48.1 Å². The average Bonchev–Trinajstić information content (AvgIpc) is 2.78. The number of halogens is 4. The number of alkyl halides is 3. The third kappa shape index (κ3) is 2.24. The molecule has 0 aliphatic carbocycles. The predicted octanol–water partition coefficient (Wildman–Crippen LogP) is 0.278. The summed E-state index contributed by atoms with van der Waals surface area (Å²) in [5, 5.41) is 8.92. The molecule has 1 aliphatic heterocycles. The zero-order chi connectivity index (χ0) is 15.1. The van der Waals surface area contributed by atoms with E-state index in [2.05, 4.69) is 0 Å². The number of H-pyrrole nitrogens is 1. The number of nitrogens with zero attached hydrogens (tertiary/aromatic N) is 1. The molecule has 1 aromatic rings. The maximum absolute atomic E-state index is 13.1. The van der Waals surface area contributed by atoms with Gasteiger partial charge in [0.2, 0.25) is 5.82 Å². The van der Waals surface area contributed by atoms with Gasteiger partial charge < -0.3 is 9.84 Å². The molecule has 0 radical (unpaired) electrons. The Morgan fingerprint density at radius 2 is 2.15 bits per heavy atom. The Hall–Kier alpha value is -1.68. The molecular formula is C10H10F4N2O4. The minimum atomic E-state index is -4.83. The van der Waals surface area contributed by atoms with Crippen LogP contribution in [0.3, 0.4) is 0 Å². The van der Waals surface area contributed by atoms with Gasteiger partial charge in [-0.1, -0.05) is 0 Å². The molecular weight excluding hydrogens is 288 g/mol. The monoisotopic (exact) mass is 298 g/mol. The van der Waals surface area contributed by atoms with E-state index in [0.717, 1.165) is 0 Å². The second-order valence-corrected chi connectivity index (χ2v) is 4.40. The van der Waals surface area contributed by atoms with Crippen molar-refractivity contribution in [1.29, 1.82) is 0 Å². The Kier molecular flexibility index (Phi) is 3.46. The summed E-state index contributed by atoms with van der Waals surface area (Å²) in [7, 11) is 0. The highest BCUT2D eigenvalue weighted by atomic mass is 19.4. The molecule has 6 nitrogen and oxygen atoms in total. The normalized spacial score (nSPS) is 26.9. The van der Waals surface area contributed by atoms with Crippen LogP contribution in [0.1, 0.15) is 19.1 Å². The SMILES string of the molecule is O=c1[nH]c(=O)n([C@H]2CC[C@](CO)(C(F)(F)F)O2)cc1F. The summed E-state index contributed by atoms with van der Waals surface area (Å²) in [4.78, 5) is 23.9. The summed E-state index contributed by atoms with van der Waals surface area (Å²) in [5.41, 5.74) is -5.14. The van der Waals surface area contributed by atoms with E-state index in [9.17, 15) is 27.2 Å². The van der Waals surface area contributed by atoms with Crippen LogP contribution in [0.15, 0.2) is 15.8 Å². The zero-order valence-corrected chi connectivity index (χ0v) is 9.91. The predicted molar refractivity (Wildman–Crippen MR) is 56.5 cm³/mol. The van der Waals surface area contributed by atoms with E-state index >= 15 is 0 Å². The van der Waals surface area contributed by atoms with Gasteiger partial charge in [0.05, 0.1) is 12.8 Å². The fourth-order valence-electron chi connectivity index (χ4n) is 2.02. The zero-order valence-electron chi connectivity index (χ0n) is 9.91. The summed E-state index contributed by atoms with van der Waals surface area (Å²) in [6.45, 7) is -1.31. The van der Waals surface area contributed by atoms with E-state index in [1.54, 1.807) is 4.98 Å². The van der Waals surface area contributed by atoms with Crippen molar-refractivity contribution >= 4 is 0 Å². The van der Waals surface area contributed by atoms with E-state index in [0.29, 0.717) is 10.8 Å². The summed E-state index contributed by atoms with van der Waals surface area (Å²) in [6.07, 6.45) is -6.60. The lowest BCUT2D eigenvalue weighted by Crippen LogP contribution is -2.48.